The second-order valence-corrected chi connectivity index (χ2v) is 7.45. The minimum Gasteiger partial charge on any atom is -0.378 e. The number of carbonyl (C=O) groups is 1. The van der Waals surface area contributed by atoms with Gasteiger partial charge in [-0.1, -0.05) is 36.8 Å². The van der Waals surface area contributed by atoms with Crippen LogP contribution in [0.15, 0.2) is 42.5 Å². The van der Waals surface area contributed by atoms with E-state index in [1.54, 1.807) is 17.1 Å². The van der Waals surface area contributed by atoms with Gasteiger partial charge in [0.1, 0.15) is 0 Å². The Morgan fingerprint density at radius 1 is 1.00 bits per heavy atom. The van der Waals surface area contributed by atoms with Crippen LogP contribution in [0.25, 0.3) is 0 Å². The molecule has 1 amide bonds. The summed E-state index contributed by atoms with van der Waals surface area (Å²) in [6.45, 7) is 2.70. The molecule has 6 heteroatoms. The van der Waals surface area contributed by atoms with E-state index >= 15 is 0 Å². The zero-order valence-corrected chi connectivity index (χ0v) is 15.6. The maximum Gasteiger partial charge on any atom is 0.246 e. The molecule has 2 heterocycles. The van der Waals surface area contributed by atoms with Gasteiger partial charge >= 0.3 is 0 Å². The predicted molar refractivity (Wildman–Crippen MR) is 98.6 cm³/mol. The first-order valence-corrected chi connectivity index (χ1v) is 9.84. The van der Waals surface area contributed by atoms with E-state index in [1.807, 2.05) is 30.3 Å². The number of carbonyl (C=O) groups excluding carboxylic acids is 1. The van der Waals surface area contributed by atoms with Crippen LogP contribution in [0.3, 0.4) is 0 Å². The van der Waals surface area contributed by atoms with Gasteiger partial charge in [-0.2, -0.15) is 4.89 Å². The van der Waals surface area contributed by atoms with Gasteiger partial charge in [0.15, 0.2) is 5.60 Å². The Bertz CT molecular complexity index is 652. The average molecular weight is 373 g/mol. The molecule has 0 aromatic heterocycles. The summed E-state index contributed by atoms with van der Waals surface area (Å²) in [6.07, 6.45) is 8.38. The van der Waals surface area contributed by atoms with Crippen molar-refractivity contribution in [2.24, 2.45) is 0 Å². The number of hydrogen-bond acceptors (Lipinski definition) is 5. The molecule has 146 valence electrons. The molecule has 0 N–H and O–H groups in total. The van der Waals surface area contributed by atoms with Crippen LogP contribution in [-0.4, -0.2) is 49.5 Å². The molecule has 1 saturated carbocycles. The van der Waals surface area contributed by atoms with Crippen LogP contribution in [0.5, 0.6) is 0 Å². The number of benzene rings is 1. The fourth-order valence-electron chi connectivity index (χ4n) is 3.87. The van der Waals surface area contributed by atoms with Crippen LogP contribution in [-0.2, 0) is 29.6 Å². The summed E-state index contributed by atoms with van der Waals surface area (Å²) in [5.74, 6) is -0.686. The van der Waals surface area contributed by atoms with Crippen LogP contribution in [0.2, 0.25) is 0 Å². The minimum absolute atomic E-state index is 0.0461. The van der Waals surface area contributed by atoms with E-state index in [0.29, 0.717) is 32.9 Å². The normalized spacial score (nSPS) is 28.5. The largest absolute Gasteiger partial charge is 0.378 e. The van der Waals surface area contributed by atoms with Crippen LogP contribution < -0.4 is 0 Å². The van der Waals surface area contributed by atoms with E-state index in [4.69, 9.17) is 19.2 Å². The molecule has 1 aliphatic carbocycles. The highest BCUT2D eigenvalue weighted by atomic mass is 17.2. The highest BCUT2D eigenvalue weighted by Gasteiger charge is 2.47. The molecule has 2 aliphatic heterocycles. The van der Waals surface area contributed by atoms with Gasteiger partial charge in [0.05, 0.1) is 19.8 Å². The van der Waals surface area contributed by atoms with E-state index in [0.717, 1.165) is 31.2 Å². The lowest BCUT2D eigenvalue weighted by molar-refractivity contribution is -0.512. The van der Waals surface area contributed by atoms with Gasteiger partial charge in [0.2, 0.25) is 11.7 Å². The first-order valence-electron chi connectivity index (χ1n) is 9.84. The Morgan fingerprint density at radius 2 is 1.74 bits per heavy atom. The maximum atomic E-state index is 12.6. The molecule has 6 nitrogen and oxygen atoms in total. The summed E-state index contributed by atoms with van der Waals surface area (Å²) >= 11 is 0. The van der Waals surface area contributed by atoms with E-state index < -0.39 is 11.4 Å². The number of amides is 1. The summed E-state index contributed by atoms with van der Waals surface area (Å²) in [5, 5.41) is 0. The lowest BCUT2D eigenvalue weighted by Crippen LogP contribution is -2.50. The van der Waals surface area contributed by atoms with E-state index in [9.17, 15) is 4.79 Å². The number of hydrogen-bond donors (Lipinski definition) is 0. The minimum atomic E-state index is -0.925. The molecule has 1 aromatic carbocycles. The molecule has 0 bridgehead atoms. The van der Waals surface area contributed by atoms with Crippen molar-refractivity contribution in [3.63, 3.8) is 0 Å². The zero-order valence-electron chi connectivity index (χ0n) is 15.6. The van der Waals surface area contributed by atoms with Crippen molar-refractivity contribution in [1.82, 2.24) is 4.90 Å². The maximum absolute atomic E-state index is 12.6. The quantitative estimate of drug-likeness (QED) is 0.602. The zero-order chi connectivity index (χ0) is 18.6. The van der Waals surface area contributed by atoms with E-state index in [2.05, 4.69) is 0 Å². The van der Waals surface area contributed by atoms with Crippen molar-refractivity contribution in [2.75, 3.05) is 32.9 Å². The van der Waals surface area contributed by atoms with E-state index in [1.165, 1.54) is 6.42 Å². The van der Waals surface area contributed by atoms with Gasteiger partial charge in [-0.3, -0.25) is 4.79 Å². The van der Waals surface area contributed by atoms with Gasteiger partial charge in [-0.05, 0) is 24.5 Å². The first-order chi connectivity index (χ1) is 13.2. The number of morpholine rings is 1. The molecule has 1 aromatic rings. The van der Waals surface area contributed by atoms with Crippen molar-refractivity contribution in [1.29, 1.82) is 0 Å². The molecule has 4 rings (SSSR count). The summed E-state index contributed by atoms with van der Waals surface area (Å²) < 4.78 is 11.5. The Balaban J connectivity index is 1.53. The smallest absolute Gasteiger partial charge is 0.246 e. The van der Waals surface area contributed by atoms with Crippen LogP contribution in [0.4, 0.5) is 0 Å². The molecule has 1 atom stereocenters. The molecule has 1 unspecified atom stereocenters. The van der Waals surface area contributed by atoms with Crippen molar-refractivity contribution >= 4 is 5.91 Å². The van der Waals surface area contributed by atoms with Crippen molar-refractivity contribution in [3.05, 3.63) is 48.0 Å². The predicted octanol–water partition coefficient (Wildman–Crippen LogP) is 2.94. The van der Waals surface area contributed by atoms with Crippen LogP contribution in [0, 0.1) is 0 Å². The Kier molecular flexibility index (Phi) is 5.59. The fourth-order valence-corrected chi connectivity index (χ4v) is 3.87. The van der Waals surface area contributed by atoms with Gasteiger partial charge in [0.25, 0.3) is 0 Å². The van der Waals surface area contributed by atoms with Gasteiger partial charge in [0, 0.05) is 32.0 Å². The molecular formula is C21H27NO5. The van der Waals surface area contributed by atoms with Crippen LogP contribution >= 0.6 is 0 Å². The van der Waals surface area contributed by atoms with Crippen molar-refractivity contribution in [2.45, 2.75) is 43.5 Å². The molecule has 0 radical (unpaired) electrons. The average Bonchev–Trinajstić information content (AvgIpc) is 2.75. The summed E-state index contributed by atoms with van der Waals surface area (Å²) in [6, 6.07) is 9.78. The lowest BCUT2D eigenvalue weighted by Gasteiger charge is -2.45. The highest BCUT2D eigenvalue weighted by Crippen LogP contribution is 2.42. The number of rotatable bonds is 3. The van der Waals surface area contributed by atoms with Gasteiger partial charge < -0.3 is 14.4 Å². The standard InChI is InChI=1S/C21H27NO5/c23-19(22-13-15-24-16-14-22)9-12-20(18-7-3-1-4-8-18)17-25-21(27-26-20)10-5-2-6-11-21/h1,3-4,7-9,12H,2,5-6,10-11,13-17H2/b12-9+. The Morgan fingerprint density at radius 3 is 2.41 bits per heavy atom. The van der Waals surface area contributed by atoms with Crippen LogP contribution in [0.1, 0.15) is 37.7 Å². The van der Waals surface area contributed by atoms with E-state index in [-0.39, 0.29) is 5.91 Å². The Labute approximate surface area is 160 Å². The second-order valence-electron chi connectivity index (χ2n) is 7.45. The van der Waals surface area contributed by atoms with Gasteiger partial charge in [-0.25, -0.2) is 4.89 Å². The molecule has 1 spiro atoms. The number of nitrogens with zero attached hydrogens (tertiary/aromatic N) is 1. The highest BCUT2D eigenvalue weighted by molar-refractivity contribution is 5.87. The monoisotopic (exact) mass is 373 g/mol. The molecule has 3 aliphatic rings. The molecule has 27 heavy (non-hydrogen) atoms. The first kappa shape index (κ1) is 18.6. The summed E-state index contributed by atoms with van der Waals surface area (Å²) in [4.78, 5) is 26.2. The fraction of sp³-hybridized carbons (Fsp3) is 0.571. The lowest BCUT2D eigenvalue weighted by atomic mass is 9.91. The topological polar surface area (TPSA) is 57.2 Å². The van der Waals surface area contributed by atoms with Crippen molar-refractivity contribution < 1.29 is 24.0 Å². The third-order valence-corrected chi connectivity index (χ3v) is 5.59. The second kappa shape index (κ2) is 8.10. The SMILES string of the molecule is O=C(/C=C/C1(c2ccccc2)COC2(CCCCC2)OO1)N1CCOCC1. The third-order valence-electron chi connectivity index (χ3n) is 5.59. The number of ether oxygens (including phenoxy) is 2. The summed E-state index contributed by atoms with van der Waals surface area (Å²) in [5.41, 5.74) is -0.0204. The third kappa shape index (κ3) is 4.09. The Hall–Kier alpha value is -1.73. The molecule has 2 saturated heterocycles. The van der Waals surface area contributed by atoms with Gasteiger partial charge in [-0.15, -0.1) is 0 Å². The molecular weight excluding hydrogens is 346 g/mol. The molecule has 3 fully saturated rings. The summed E-state index contributed by atoms with van der Waals surface area (Å²) in [7, 11) is 0. The van der Waals surface area contributed by atoms with Crippen molar-refractivity contribution in [3.8, 4) is 0 Å².